The molecule has 0 radical (unpaired) electrons. The molecule has 0 spiro atoms. The summed E-state index contributed by atoms with van der Waals surface area (Å²) in [7, 11) is 0. The first-order valence-electron chi connectivity index (χ1n) is 19.8. The van der Waals surface area contributed by atoms with Crippen molar-refractivity contribution in [1.29, 1.82) is 0 Å². The number of fused-ring (bicyclic) bond motifs is 2. The Morgan fingerprint density at radius 3 is 2.45 bits per heavy atom. The standard InChI is InChI=1S/C43H46F2N6O7/c44-43(45)18-16-29(17-19-43)50-23-32(26-7-5-8-27(21-26)40(46)55)30-13-12-28(22-35(30)50)48-37(52)11-3-1-2-4-20-47-39(54)25-58-36-10-6-9-31-33(36)24-51(42(31)57)34-14-15-38(53)49-41(34)56/h5-10,12-13,21-23,29,34H,1-4,11,14-20,24-25H2,(H2,46,55)(H,47,54)(H,48,52)(H,49,53,56). The smallest absolute Gasteiger partial charge is 0.257 e. The molecule has 1 atom stereocenters. The summed E-state index contributed by atoms with van der Waals surface area (Å²) in [5.41, 5.74) is 9.92. The van der Waals surface area contributed by atoms with Gasteiger partial charge in [0, 0.05) is 77.8 Å². The van der Waals surface area contributed by atoms with Crippen molar-refractivity contribution in [3.05, 3.63) is 83.6 Å². The molecular formula is C43H46F2N6O7. The van der Waals surface area contributed by atoms with Gasteiger partial charge >= 0.3 is 0 Å². The number of primary amides is 1. The van der Waals surface area contributed by atoms with Gasteiger partial charge in [0.15, 0.2) is 6.61 Å². The molecule has 304 valence electrons. The molecule has 1 saturated carbocycles. The average Bonchev–Trinajstić information content (AvgIpc) is 3.74. The fourth-order valence-corrected chi connectivity index (χ4v) is 8.11. The summed E-state index contributed by atoms with van der Waals surface area (Å²) in [5, 5.41) is 8.97. The first-order chi connectivity index (χ1) is 27.9. The van der Waals surface area contributed by atoms with Crippen LogP contribution in [0.3, 0.4) is 0 Å². The van der Waals surface area contributed by atoms with Gasteiger partial charge in [-0.25, -0.2) is 8.78 Å². The number of amides is 6. The minimum atomic E-state index is -2.68. The highest BCUT2D eigenvalue weighted by Gasteiger charge is 2.40. The summed E-state index contributed by atoms with van der Waals surface area (Å²) in [6.07, 6.45) is 5.80. The molecule has 13 nitrogen and oxygen atoms in total. The molecule has 4 aromatic rings. The molecule has 7 rings (SSSR count). The van der Waals surface area contributed by atoms with Crippen molar-refractivity contribution in [2.45, 2.75) is 95.2 Å². The van der Waals surface area contributed by atoms with Gasteiger partial charge < -0.3 is 30.6 Å². The van der Waals surface area contributed by atoms with Crippen LogP contribution in [0.4, 0.5) is 14.5 Å². The van der Waals surface area contributed by atoms with Crippen molar-refractivity contribution < 1.29 is 42.3 Å². The van der Waals surface area contributed by atoms with Crippen molar-refractivity contribution in [3.63, 3.8) is 0 Å². The number of nitrogens with zero attached hydrogens (tertiary/aromatic N) is 2. The van der Waals surface area contributed by atoms with E-state index in [-0.39, 0.29) is 68.5 Å². The maximum Gasteiger partial charge on any atom is 0.257 e. The number of aromatic nitrogens is 1. The second-order valence-corrected chi connectivity index (χ2v) is 15.2. The van der Waals surface area contributed by atoms with Gasteiger partial charge in [-0.05, 0) is 74.1 Å². The van der Waals surface area contributed by atoms with Crippen molar-refractivity contribution in [2.75, 3.05) is 18.5 Å². The lowest BCUT2D eigenvalue weighted by Crippen LogP contribution is -2.52. The van der Waals surface area contributed by atoms with Crippen molar-refractivity contribution in [2.24, 2.45) is 5.73 Å². The van der Waals surface area contributed by atoms with Gasteiger partial charge in [-0.1, -0.05) is 37.1 Å². The number of hydrogen-bond acceptors (Lipinski definition) is 7. The number of hydrogen-bond donors (Lipinski definition) is 4. The zero-order valence-electron chi connectivity index (χ0n) is 32.0. The topological polar surface area (TPSA) is 182 Å². The van der Waals surface area contributed by atoms with Gasteiger partial charge in [-0.3, -0.25) is 34.1 Å². The highest BCUT2D eigenvalue weighted by atomic mass is 19.3. The van der Waals surface area contributed by atoms with E-state index in [0.29, 0.717) is 66.8 Å². The van der Waals surface area contributed by atoms with Gasteiger partial charge in [-0.2, -0.15) is 0 Å². The van der Waals surface area contributed by atoms with Crippen LogP contribution in [-0.4, -0.2) is 70.0 Å². The van der Waals surface area contributed by atoms with Crippen LogP contribution in [0.2, 0.25) is 0 Å². The van der Waals surface area contributed by atoms with Crippen molar-refractivity contribution in [1.82, 2.24) is 20.1 Å². The quantitative estimate of drug-likeness (QED) is 0.0841. The molecule has 2 fully saturated rings. The molecule has 1 saturated heterocycles. The fraction of sp³-hybridized carbons (Fsp3) is 0.395. The molecule has 1 aliphatic carbocycles. The minimum absolute atomic E-state index is 0.142. The largest absolute Gasteiger partial charge is 0.483 e. The van der Waals surface area contributed by atoms with E-state index in [0.717, 1.165) is 34.9 Å². The van der Waals surface area contributed by atoms with Crippen LogP contribution in [0.15, 0.2) is 66.9 Å². The van der Waals surface area contributed by atoms with E-state index >= 15 is 0 Å². The Labute approximate surface area is 333 Å². The van der Waals surface area contributed by atoms with E-state index in [4.69, 9.17) is 10.5 Å². The zero-order valence-corrected chi connectivity index (χ0v) is 32.0. The van der Waals surface area contributed by atoms with Gasteiger partial charge in [0.25, 0.3) is 11.8 Å². The Morgan fingerprint density at radius 2 is 1.67 bits per heavy atom. The lowest BCUT2D eigenvalue weighted by molar-refractivity contribution is -0.137. The number of unbranched alkanes of at least 4 members (excludes halogenated alkanes) is 3. The SMILES string of the molecule is NC(=O)c1cccc(-c2cn(C3CCC(F)(F)CC3)c3cc(NC(=O)CCCCCCNC(=O)COc4cccc5c4CN(C4CCC(=O)NC4=O)C5=O)ccc23)c1. The number of nitrogens with two attached hydrogens (primary N) is 1. The van der Waals surface area contributed by atoms with Crippen LogP contribution < -0.4 is 26.4 Å². The number of anilines is 1. The Morgan fingerprint density at radius 1 is 0.897 bits per heavy atom. The lowest BCUT2D eigenvalue weighted by atomic mass is 9.92. The molecule has 0 bridgehead atoms. The third kappa shape index (κ3) is 9.03. The number of imide groups is 1. The maximum atomic E-state index is 14.1. The zero-order chi connectivity index (χ0) is 41.0. The van der Waals surface area contributed by atoms with Crippen LogP contribution in [0.1, 0.15) is 103 Å². The van der Waals surface area contributed by atoms with Crippen LogP contribution in [-0.2, 0) is 25.7 Å². The van der Waals surface area contributed by atoms with Crippen LogP contribution in [0.25, 0.3) is 22.0 Å². The second-order valence-electron chi connectivity index (χ2n) is 15.2. The number of benzene rings is 3. The molecule has 58 heavy (non-hydrogen) atoms. The minimum Gasteiger partial charge on any atom is -0.483 e. The fourth-order valence-electron chi connectivity index (χ4n) is 8.11. The number of rotatable bonds is 15. The first kappa shape index (κ1) is 40.1. The van der Waals surface area contributed by atoms with Gasteiger partial charge in [-0.15, -0.1) is 0 Å². The van der Waals surface area contributed by atoms with Crippen LogP contribution >= 0.6 is 0 Å². The average molecular weight is 797 g/mol. The number of alkyl halides is 2. The molecule has 2 aliphatic heterocycles. The monoisotopic (exact) mass is 796 g/mol. The molecule has 6 amide bonds. The molecule has 3 heterocycles. The number of carbonyl (C=O) groups is 6. The number of ether oxygens (including phenoxy) is 1. The summed E-state index contributed by atoms with van der Waals surface area (Å²) in [4.78, 5) is 75.8. The predicted molar refractivity (Wildman–Crippen MR) is 211 cm³/mol. The Kier molecular flexibility index (Phi) is 11.9. The van der Waals surface area contributed by atoms with Gasteiger partial charge in [0.1, 0.15) is 11.8 Å². The normalized spacial score (nSPS) is 17.9. The predicted octanol–water partition coefficient (Wildman–Crippen LogP) is 6.00. The number of nitrogens with one attached hydrogen (secondary N) is 3. The Bertz CT molecular complexity index is 2260. The Balaban J connectivity index is 0.859. The van der Waals surface area contributed by atoms with E-state index in [9.17, 15) is 37.5 Å². The maximum absolute atomic E-state index is 14.1. The summed E-state index contributed by atoms with van der Waals surface area (Å²) in [6, 6.07) is 16.7. The number of piperidine rings is 1. The molecule has 3 aliphatic rings. The number of carbonyl (C=O) groups excluding carboxylic acids is 6. The third-order valence-electron chi connectivity index (χ3n) is 11.2. The third-order valence-corrected chi connectivity index (χ3v) is 11.2. The van der Waals surface area contributed by atoms with Gasteiger partial charge in [0.05, 0.1) is 12.1 Å². The van der Waals surface area contributed by atoms with Crippen LogP contribution in [0, 0.1) is 0 Å². The van der Waals surface area contributed by atoms with E-state index in [2.05, 4.69) is 16.0 Å². The van der Waals surface area contributed by atoms with Crippen molar-refractivity contribution in [3.8, 4) is 16.9 Å². The summed E-state index contributed by atoms with van der Waals surface area (Å²) in [5.74, 6) is -4.49. The summed E-state index contributed by atoms with van der Waals surface area (Å²) >= 11 is 0. The highest BCUT2D eigenvalue weighted by molar-refractivity contribution is 6.06. The molecular weight excluding hydrogens is 751 g/mol. The lowest BCUT2D eigenvalue weighted by Gasteiger charge is -2.29. The van der Waals surface area contributed by atoms with E-state index in [1.54, 1.807) is 36.4 Å². The molecule has 15 heteroatoms. The van der Waals surface area contributed by atoms with Gasteiger partial charge in [0.2, 0.25) is 29.6 Å². The van der Waals surface area contributed by atoms with E-state index < -0.39 is 23.8 Å². The molecule has 5 N–H and O–H groups in total. The molecule has 1 unspecified atom stereocenters. The van der Waals surface area contributed by atoms with E-state index in [1.807, 2.05) is 35.0 Å². The van der Waals surface area contributed by atoms with E-state index in [1.165, 1.54) is 4.90 Å². The summed E-state index contributed by atoms with van der Waals surface area (Å²) in [6.45, 7) is 0.319. The van der Waals surface area contributed by atoms with Crippen molar-refractivity contribution >= 4 is 52.0 Å². The first-order valence-corrected chi connectivity index (χ1v) is 19.8. The molecule has 1 aromatic heterocycles. The highest BCUT2D eigenvalue weighted by Crippen LogP contribution is 2.42. The Hall–Kier alpha value is -6.12. The summed E-state index contributed by atoms with van der Waals surface area (Å²) < 4.78 is 35.9. The number of halogens is 2. The molecule has 3 aromatic carbocycles. The second kappa shape index (κ2) is 17.2. The van der Waals surface area contributed by atoms with Crippen LogP contribution in [0.5, 0.6) is 5.75 Å².